The number of benzene rings is 1. The first-order chi connectivity index (χ1) is 9.62. The van der Waals surface area contributed by atoms with Crippen LogP contribution in [0.4, 0.5) is 8.78 Å². The van der Waals surface area contributed by atoms with Crippen LogP contribution in [-0.4, -0.2) is 13.1 Å². The average Bonchev–Trinajstić information content (AvgIpc) is 2.49. The summed E-state index contributed by atoms with van der Waals surface area (Å²) >= 11 is 0. The fourth-order valence-electron chi connectivity index (χ4n) is 3.06. The molecule has 1 aliphatic carbocycles. The van der Waals surface area contributed by atoms with E-state index >= 15 is 0 Å². The molecular weight excluding hydrogens is 256 g/mol. The van der Waals surface area contributed by atoms with Gasteiger partial charge in [0.2, 0.25) is 0 Å². The summed E-state index contributed by atoms with van der Waals surface area (Å²) in [7, 11) is 0. The molecule has 0 aromatic heterocycles. The summed E-state index contributed by atoms with van der Waals surface area (Å²) in [4.78, 5) is 0. The van der Waals surface area contributed by atoms with Gasteiger partial charge in [0.25, 0.3) is 5.92 Å². The lowest BCUT2D eigenvalue weighted by atomic mass is 9.81. The lowest BCUT2D eigenvalue weighted by Crippen LogP contribution is -2.34. The van der Waals surface area contributed by atoms with Crippen LogP contribution >= 0.6 is 0 Å². The zero-order valence-electron chi connectivity index (χ0n) is 12.2. The Bertz CT molecular complexity index is 383. The Balaban J connectivity index is 1.73. The molecule has 0 saturated heterocycles. The number of hydrogen-bond acceptors (Lipinski definition) is 1. The largest absolute Gasteiger partial charge is 0.311 e. The second-order valence-electron chi connectivity index (χ2n) is 6.00. The minimum Gasteiger partial charge on any atom is -0.311 e. The molecule has 1 aromatic rings. The molecule has 0 unspecified atom stereocenters. The molecule has 1 N–H and O–H groups in total. The Morgan fingerprint density at radius 1 is 1.05 bits per heavy atom. The number of hydrogen-bond donors (Lipinski definition) is 1. The highest BCUT2D eigenvalue weighted by molar-refractivity contribution is 5.20. The maximum Gasteiger partial charge on any atom is 0.285 e. The molecule has 0 spiro atoms. The molecule has 0 bridgehead atoms. The monoisotopic (exact) mass is 281 g/mol. The molecule has 2 rings (SSSR count). The molecule has 0 radical (unpaired) electrons. The lowest BCUT2D eigenvalue weighted by molar-refractivity contribution is -0.00427. The Morgan fingerprint density at radius 2 is 1.65 bits per heavy atom. The normalized spacial score (nSPS) is 23.8. The molecule has 1 nitrogen and oxygen atoms in total. The van der Waals surface area contributed by atoms with Crippen molar-refractivity contribution in [2.75, 3.05) is 13.1 Å². The van der Waals surface area contributed by atoms with E-state index in [1.54, 1.807) is 18.2 Å². The van der Waals surface area contributed by atoms with Crippen molar-refractivity contribution in [2.24, 2.45) is 11.8 Å². The van der Waals surface area contributed by atoms with Gasteiger partial charge in [0, 0.05) is 5.56 Å². The molecule has 112 valence electrons. The third-order valence-electron chi connectivity index (χ3n) is 4.52. The summed E-state index contributed by atoms with van der Waals surface area (Å²) in [6.45, 7) is 2.70. The van der Waals surface area contributed by atoms with E-state index in [9.17, 15) is 8.78 Å². The van der Waals surface area contributed by atoms with Gasteiger partial charge in [-0.1, -0.05) is 56.5 Å². The summed E-state index contributed by atoms with van der Waals surface area (Å²) in [5.74, 6) is -1.34. The minimum atomic E-state index is -2.78. The Morgan fingerprint density at radius 3 is 2.25 bits per heavy atom. The van der Waals surface area contributed by atoms with Gasteiger partial charge in [-0.05, 0) is 31.2 Å². The minimum absolute atomic E-state index is 0.0993. The van der Waals surface area contributed by atoms with Gasteiger partial charge >= 0.3 is 0 Å². The van der Waals surface area contributed by atoms with Crippen molar-refractivity contribution in [2.45, 2.75) is 45.0 Å². The SMILES string of the molecule is CCC1CCC(CNCC(F)(F)c2ccccc2)CC1. The van der Waals surface area contributed by atoms with E-state index < -0.39 is 5.92 Å². The van der Waals surface area contributed by atoms with Crippen LogP contribution < -0.4 is 5.32 Å². The number of nitrogens with one attached hydrogen (secondary N) is 1. The van der Waals surface area contributed by atoms with E-state index in [1.807, 2.05) is 0 Å². The first-order valence-corrected chi connectivity index (χ1v) is 7.76. The van der Waals surface area contributed by atoms with Crippen LogP contribution in [0.3, 0.4) is 0 Å². The van der Waals surface area contributed by atoms with Crippen molar-refractivity contribution in [1.82, 2.24) is 5.32 Å². The lowest BCUT2D eigenvalue weighted by Gasteiger charge is -2.28. The fourth-order valence-corrected chi connectivity index (χ4v) is 3.06. The van der Waals surface area contributed by atoms with Crippen molar-refractivity contribution < 1.29 is 8.78 Å². The molecule has 1 aliphatic rings. The molecule has 0 aliphatic heterocycles. The predicted molar refractivity (Wildman–Crippen MR) is 78.9 cm³/mol. The van der Waals surface area contributed by atoms with E-state index in [2.05, 4.69) is 12.2 Å². The zero-order valence-corrected chi connectivity index (χ0v) is 12.2. The van der Waals surface area contributed by atoms with Crippen molar-refractivity contribution in [3.63, 3.8) is 0 Å². The highest BCUT2D eigenvalue weighted by Crippen LogP contribution is 2.31. The van der Waals surface area contributed by atoms with Gasteiger partial charge in [-0.15, -0.1) is 0 Å². The molecule has 20 heavy (non-hydrogen) atoms. The molecule has 1 aromatic carbocycles. The smallest absolute Gasteiger partial charge is 0.285 e. The predicted octanol–water partition coefficient (Wildman–Crippen LogP) is 4.58. The first-order valence-electron chi connectivity index (χ1n) is 7.76. The van der Waals surface area contributed by atoms with Crippen LogP contribution in [0.25, 0.3) is 0 Å². The van der Waals surface area contributed by atoms with E-state index in [-0.39, 0.29) is 12.1 Å². The number of rotatable bonds is 6. The molecule has 1 fully saturated rings. The number of halogens is 2. The summed E-state index contributed by atoms with van der Waals surface area (Å²) in [5, 5.41) is 2.98. The van der Waals surface area contributed by atoms with Gasteiger partial charge in [0.1, 0.15) is 0 Å². The fraction of sp³-hybridized carbons (Fsp3) is 0.647. The van der Waals surface area contributed by atoms with Gasteiger partial charge < -0.3 is 5.32 Å². The highest BCUT2D eigenvalue weighted by atomic mass is 19.3. The summed E-state index contributed by atoms with van der Waals surface area (Å²) < 4.78 is 27.9. The van der Waals surface area contributed by atoms with Crippen molar-refractivity contribution in [3.05, 3.63) is 35.9 Å². The summed E-state index contributed by atoms with van der Waals surface area (Å²) in [6.07, 6.45) is 6.15. The van der Waals surface area contributed by atoms with E-state index in [4.69, 9.17) is 0 Å². The van der Waals surface area contributed by atoms with Gasteiger partial charge in [-0.3, -0.25) is 0 Å². The maximum atomic E-state index is 14.0. The zero-order chi connectivity index (χ0) is 14.4. The van der Waals surface area contributed by atoms with Crippen molar-refractivity contribution in [1.29, 1.82) is 0 Å². The quantitative estimate of drug-likeness (QED) is 0.804. The van der Waals surface area contributed by atoms with Gasteiger partial charge in [0.15, 0.2) is 0 Å². The Labute approximate surface area is 120 Å². The summed E-state index contributed by atoms with van der Waals surface area (Å²) in [5.41, 5.74) is 0.0993. The van der Waals surface area contributed by atoms with E-state index in [1.165, 1.54) is 44.2 Å². The summed E-state index contributed by atoms with van der Waals surface area (Å²) in [6, 6.07) is 8.08. The van der Waals surface area contributed by atoms with Gasteiger partial charge in [0.05, 0.1) is 6.54 Å². The highest BCUT2D eigenvalue weighted by Gasteiger charge is 2.31. The van der Waals surface area contributed by atoms with Gasteiger partial charge in [-0.25, -0.2) is 0 Å². The molecule has 0 heterocycles. The maximum absolute atomic E-state index is 14.0. The topological polar surface area (TPSA) is 12.0 Å². The van der Waals surface area contributed by atoms with Crippen molar-refractivity contribution >= 4 is 0 Å². The third-order valence-corrected chi connectivity index (χ3v) is 4.52. The van der Waals surface area contributed by atoms with Gasteiger partial charge in [-0.2, -0.15) is 8.78 Å². The average molecular weight is 281 g/mol. The van der Waals surface area contributed by atoms with Crippen LogP contribution in [0.2, 0.25) is 0 Å². The van der Waals surface area contributed by atoms with E-state index in [0.29, 0.717) is 5.92 Å². The standard InChI is InChI=1S/C17H25F2N/c1-2-14-8-10-15(11-9-14)12-20-13-17(18,19)16-6-4-3-5-7-16/h3-7,14-15,20H,2,8-13H2,1H3. The Hall–Kier alpha value is -0.960. The van der Waals surface area contributed by atoms with Crippen LogP contribution in [0.15, 0.2) is 30.3 Å². The Kier molecular flexibility index (Phi) is 5.53. The molecule has 1 saturated carbocycles. The molecule has 0 atom stereocenters. The van der Waals surface area contributed by atoms with Crippen LogP contribution in [0.1, 0.15) is 44.6 Å². The molecular formula is C17H25F2N. The second kappa shape index (κ2) is 7.16. The van der Waals surface area contributed by atoms with Crippen LogP contribution in [0, 0.1) is 11.8 Å². The molecule has 3 heteroatoms. The molecule has 0 amide bonds. The van der Waals surface area contributed by atoms with Crippen molar-refractivity contribution in [3.8, 4) is 0 Å². The second-order valence-corrected chi connectivity index (χ2v) is 6.00. The first kappa shape index (κ1) is 15.4. The van der Waals surface area contributed by atoms with Crippen LogP contribution in [-0.2, 0) is 5.92 Å². The third kappa shape index (κ3) is 4.27. The van der Waals surface area contributed by atoms with E-state index in [0.717, 1.165) is 12.5 Å². The van der Waals surface area contributed by atoms with Crippen LogP contribution in [0.5, 0.6) is 0 Å². The number of alkyl halides is 2.